The van der Waals surface area contributed by atoms with Crippen LogP contribution in [0, 0.1) is 6.92 Å². The average molecular weight is 395 g/mol. The van der Waals surface area contributed by atoms with Crippen LogP contribution in [0.5, 0.6) is 0 Å². The minimum atomic E-state index is 0.687. The van der Waals surface area contributed by atoms with Crippen LogP contribution in [-0.2, 0) is 0 Å². The van der Waals surface area contributed by atoms with E-state index in [0.717, 1.165) is 56.2 Å². The quantitative estimate of drug-likeness (QED) is 0.624. The monoisotopic (exact) mass is 394 g/mol. The van der Waals surface area contributed by atoms with Gasteiger partial charge in [0.2, 0.25) is 0 Å². The summed E-state index contributed by atoms with van der Waals surface area (Å²) in [4.78, 5) is 11.3. The van der Waals surface area contributed by atoms with E-state index >= 15 is 0 Å². The number of nitrogens with zero attached hydrogens (tertiary/aromatic N) is 5. The number of thiocarbonyl (C=S) groups is 1. The molecule has 0 aliphatic carbocycles. The van der Waals surface area contributed by atoms with Crippen molar-refractivity contribution < 1.29 is 0 Å². The number of aryl methyl sites for hydroxylation is 1. The zero-order chi connectivity index (χ0) is 19.5. The molecule has 2 aliphatic heterocycles. The van der Waals surface area contributed by atoms with E-state index in [1.165, 1.54) is 11.3 Å². The second-order valence-electron chi connectivity index (χ2n) is 7.33. The number of hydrazone groups is 1. The van der Waals surface area contributed by atoms with E-state index in [-0.39, 0.29) is 0 Å². The molecule has 0 unspecified atom stereocenters. The maximum atomic E-state index is 5.60. The van der Waals surface area contributed by atoms with Gasteiger partial charge in [-0.05, 0) is 43.4 Å². The molecule has 0 radical (unpaired) electrons. The van der Waals surface area contributed by atoms with Gasteiger partial charge in [-0.1, -0.05) is 17.7 Å². The Hall–Kier alpha value is -2.67. The third-order valence-corrected chi connectivity index (χ3v) is 5.76. The first-order chi connectivity index (χ1) is 13.6. The lowest BCUT2D eigenvalue weighted by Gasteiger charge is -2.37. The van der Waals surface area contributed by atoms with Crippen molar-refractivity contribution in [3.8, 4) is 0 Å². The summed E-state index contributed by atoms with van der Waals surface area (Å²) in [5, 5.41) is 5.29. The molecule has 1 N–H and O–H groups in total. The summed E-state index contributed by atoms with van der Waals surface area (Å²) in [6.45, 7) is 6.74. The number of nitrogens with one attached hydrogen (secondary N) is 1. The van der Waals surface area contributed by atoms with Gasteiger partial charge >= 0.3 is 0 Å². The second-order valence-corrected chi connectivity index (χ2v) is 7.71. The van der Waals surface area contributed by atoms with Crippen molar-refractivity contribution in [1.29, 1.82) is 0 Å². The van der Waals surface area contributed by atoms with E-state index in [9.17, 15) is 0 Å². The highest BCUT2D eigenvalue weighted by Gasteiger charge is 2.22. The molecular weight excluding hydrogens is 368 g/mol. The predicted molar refractivity (Wildman–Crippen MR) is 119 cm³/mol. The maximum absolute atomic E-state index is 5.60. The SMILES string of the molecule is Cc1ccc(N2CCN(C(=S)N/N=C3/CCN(C)c4cccnc43)CC2)cc1. The predicted octanol–water partition coefficient (Wildman–Crippen LogP) is 2.63. The van der Waals surface area contributed by atoms with Gasteiger partial charge in [0, 0.05) is 58.1 Å². The van der Waals surface area contributed by atoms with Gasteiger partial charge in [0.25, 0.3) is 0 Å². The molecule has 0 bridgehead atoms. The highest BCUT2D eigenvalue weighted by atomic mass is 32.1. The van der Waals surface area contributed by atoms with E-state index < -0.39 is 0 Å². The molecule has 28 heavy (non-hydrogen) atoms. The lowest BCUT2D eigenvalue weighted by molar-refractivity contribution is 0.381. The van der Waals surface area contributed by atoms with Crippen molar-refractivity contribution in [2.75, 3.05) is 49.6 Å². The Bertz CT molecular complexity index is 871. The molecule has 146 valence electrons. The summed E-state index contributed by atoms with van der Waals surface area (Å²) in [6.07, 6.45) is 2.67. The van der Waals surface area contributed by atoms with Gasteiger partial charge < -0.3 is 14.7 Å². The normalized spacial score (nSPS) is 18.2. The molecule has 0 spiro atoms. The third-order valence-electron chi connectivity index (χ3n) is 5.41. The number of hydrogen-bond acceptors (Lipinski definition) is 5. The Kier molecular flexibility index (Phi) is 5.43. The van der Waals surface area contributed by atoms with E-state index in [1.807, 2.05) is 12.3 Å². The fraction of sp³-hybridized carbons (Fsp3) is 0.381. The number of aromatic nitrogens is 1. The second kappa shape index (κ2) is 8.14. The molecule has 4 rings (SSSR count). The number of piperazine rings is 1. The largest absolute Gasteiger partial charge is 0.372 e. The van der Waals surface area contributed by atoms with Crippen LogP contribution in [0.25, 0.3) is 0 Å². The summed E-state index contributed by atoms with van der Waals surface area (Å²) in [5.41, 5.74) is 8.70. The van der Waals surface area contributed by atoms with Crippen LogP contribution in [0.15, 0.2) is 47.7 Å². The number of rotatable bonds is 2. The lowest BCUT2D eigenvalue weighted by Crippen LogP contribution is -2.51. The Labute approximate surface area is 171 Å². The van der Waals surface area contributed by atoms with E-state index in [0.29, 0.717) is 5.11 Å². The summed E-state index contributed by atoms with van der Waals surface area (Å²) in [6, 6.07) is 12.8. The van der Waals surface area contributed by atoms with Gasteiger partial charge in [-0.3, -0.25) is 10.4 Å². The van der Waals surface area contributed by atoms with Crippen LogP contribution in [-0.4, -0.2) is 60.5 Å². The van der Waals surface area contributed by atoms with Crippen LogP contribution in [0.1, 0.15) is 17.7 Å². The first-order valence-electron chi connectivity index (χ1n) is 9.71. The molecule has 1 fully saturated rings. The first-order valence-corrected chi connectivity index (χ1v) is 10.1. The van der Waals surface area contributed by atoms with Gasteiger partial charge in [0.15, 0.2) is 5.11 Å². The van der Waals surface area contributed by atoms with Crippen LogP contribution < -0.4 is 15.2 Å². The number of hydrogen-bond donors (Lipinski definition) is 1. The number of anilines is 2. The number of fused-ring (bicyclic) bond motifs is 1. The Balaban J connectivity index is 1.36. The molecule has 2 aromatic rings. The average Bonchev–Trinajstić information content (AvgIpc) is 2.74. The van der Waals surface area contributed by atoms with Gasteiger partial charge in [0.1, 0.15) is 5.69 Å². The molecule has 1 saturated heterocycles. The topological polar surface area (TPSA) is 47.0 Å². The highest BCUT2D eigenvalue weighted by molar-refractivity contribution is 7.80. The van der Waals surface area contributed by atoms with Gasteiger partial charge in [-0.2, -0.15) is 5.10 Å². The molecule has 2 aliphatic rings. The van der Waals surface area contributed by atoms with Crippen molar-refractivity contribution >= 4 is 34.4 Å². The van der Waals surface area contributed by atoms with Crippen molar-refractivity contribution in [1.82, 2.24) is 15.3 Å². The molecule has 0 amide bonds. The van der Waals surface area contributed by atoms with Gasteiger partial charge in [-0.25, -0.2) is 0 Å². The summed E-state index contributed by atoms with van der Waals surface area (Å²) >= 11 is 5.60. The van der Waals surface area contributed by atoms with Crippen molar-refractivity contribution in [3.63, 3.8) is 0 Å². The minimum absolute atomic E-state index is 0.687. The molecule has 0 saturated carbocycles. The van der Waals surface area contributed by atoms with Crippen LogP contribution in [0.2, 0.25) is 0 Å². The standard InChI is InChI=1S/C21H26N6S/c1-16-5-7-17(8-6-16)26-12-14-27(15-13-26)21(28)24-23-18-9-11-25(2)19-4-3-10-22-20(18)19/h3-8,10H,9,11-15H2,1-2H3,(H,24,28)/b23-18-. The smallest absolute Gasteiger partial charge is 0.189 e. The zero-order valence-corrected chi connectivity index (χ0v) is 17.2. The van der Waals surface area contributed by atoms with E-state index in [1.54, 1.807) is 0 Å². The van der Waals surface area contributed by atoms with Crippen LogP contribution >= 0.6 is 12.2 Å². The molecule has 1 aromatic heterocycles. The summed E-state index contributed by atoms with van der Waals surface area (Å²) in [5.74, 6) is 0. The Morgan fingerprint density at radius 2 is 1.82 bits per heavy atom. The molecule has 3 heterocycles. The molecule has 1 aromatic carbocycles. The third kappa shape index (κ3) is 3.94. The van der Waals surface area contributed by atoms with Crippen LogP contribution in [0.4, 0.5) is 11.4 Å². The van der Waals surface area contributed by atoms with E-state index in [4.69, 9.17) is 12.2 Å². The Morgan fingerprint density at radius 1 is 1.07 bits per heavy atom. The highest BCUT2D eigenvalue weighted by Crippen LogP contribution is 2.23. The first kappa shape index (κ1) is 18.7. The van der Waals surface area contributed by atoms with Crippen molar-refractivity contribution in [2.24, 2.45) is 5.10 Å². The minimum Gasteiger partial charge on any atom is -0.372 e. The summed E-state index contributed by atoms with van der Waals surface area (Å²) < 4.78 is 0. The molecule has 0 atom stereocenters. The number of pyridine rings is 1. The molecule has 7 heteroatoms. The fourth-order valence-corrected chi connectivity index (χ4v) is 3.89. The zero-order valence-electron chi connectivity index (χ0n) is 16.4. The molecule has 6 nitrogen and oxygen atoms in total. The van der Waals surface area contributed by atoms with Crippen LogP contribution in [0.3, 0.4) is 0 Å². The maximum Gasteiger partial charge on any atom is 0.189 e. The number of benzene rings is 1. The fourth-order valence-electron chi connectivity index (χ4n) is 3.66. The van der Waals surface area contributed by atoms with Crippen molar-refractivity contribution in [3.05, 3.63) is 53.9 Å². The Morgan fingerprint density at radius 3 is 2.57 bits per heavy atom. The molecular formula is C21H26N6S. The summed E-state index contributed by atoms with van der Waals surface area (Å²) in [7, 11) is 2.09. The van der Waals surface area contributed by atoms with E-state index in [2.05, 4.69) is 74.5 Å². The van der Waals surface area contributed by atoms with Gasteiger partial charge in [0.05, 0.1) is 11.4 Å². The van der Waals surface area contributed by atoms with Gasteiger partial charge in [-0.15, -0.1) is 0 Å². The van der Waals surface area contributed by atoms with Crippen molar-refractivity contribution in [2.45, 2.75) is 13.3 Å². The lowest BCUT2D eigenvalue weighted by atomic mass is 10.1.